The van der Waals surface area contributed by atoms with Crippen LogP contribution in [0.5, 0.6) is 0 Å². The average Bonchev–Trinajstić information content (AvgIpc) is 3.13. The standard InChI is InChI=1S/C27H34N2O5/c1-17(2)13-19(25(30)29(4)15-18(3)26(31)32)14-28-27(33)34-16-24-22-11-7-5-9-20(22)21-10-6-8-12-23(21)24/h5-12,17-19,24H,13-16H2,1-4H3,(H,28,33)(H,31,32). The first kappa shape index (κ1) is 25.3. The summed E-state index contributed by atoms with van der Waals surface area (Å²) >= 11 is 0. The number of hydrogen-bond donors (Lipinski definition) is 2. The minimum absolute atomic E-state index is 0.0325. The molecule has 7 nitrogen and oxygen atoms in total. The predicted octanol–water partition coefficient (Wildman–Crippen LogP) is 4.37. The fourth-order valence-corrected chi connectivity index (χ4v) is 4.59. The second-order valence-electron chi connectivity index (χ2n) is 9.49. The number of amides is 2. The first-order chi connectivity index (χ1) is 16.2. The van der Waals surface area contributed by atoms with Gasteiger partial charge in [-0.1, -0.05) is 69.3 Å². The van der Waals surface area contributed by atoms with Gasteiger partial charge in [-0.2, -0.15) is 0 Å². The highest BCUT2D eigenvalue weighted by atomic mass is 16.5. The third-order valence-electron chi connectivity index (χ3n) is 6.29. The van der Waals surface area contributed by atoms with E-state index >= 15 is 0 Å². The van der Waals surface area contributed by atoms with E-state index in [1.54, 1.807) is 14.0 Å². The topological polar surface area (TPSA) is 95.9 Å². The van der Waals surface area contributed by atoms with Crippen LogP contribution in [0.2, 0.25) is 0 Å². The van der Waals surface area contributed by atoms with E-state index in [4.69, 9.17) is 9.84 Å². The van der Waals surface area contributed by atoms with E-state index in [2.05, 4.69) is 29.6 Å². The molecule has 0 bridgehead atoms. The molecule has 0 spiro atoms. The Morgan fingerprint density at radius 1 is 1.00 bits per heavy atom. The number of alkyl carbamates (subject to hydrolysis) is 1. The molecule has 0 aliphatic heterocycles. The Morgan fingerprint density at radius 3 is 2.09 bits per heavy atom. The maximum absolute atomic E-state index is 12.9. The van der Waals surface area contributed by atoms with Crippen molar-refractivity contribution in [3.05, 3.63) is 59.7 Å². The Balaban J connectivity index is 1.59. The van der Waals surface area contributed by atoms with Crippen molar-refractivity contribution in [1.82, 2.24) is 10.2 Å². The molecular weight excluding hydrogens is 432 g/mol. The zero-order valence-corrected chi connectivity index (χ0v) is 20.3. The van der Waals surface area contributed by atoms with Gasteiger partial charge in [0.2, 0.25) is 5.91 Å². The van der Waals surface area contributed by atoms with Crippen molar-refractivity contribution in [3.63, 3.8) is 0 Å². The number of carboxylic acid groups (broad SMARTS) is 1. The summed E-state index contributed by atoms with van der Waals surface area (Å²) in [4.78, 5) is 38.0. The molecule has 0 radical (unpaired) electrons. The molecule has 182 valence electrons. The van der Waals surface area contributed by atoms with E-state index < -0.39 is 23.9 Å². The largest absolute Gasteiger partial charge is 0.481 e. The SMILES string of the molecule is CC(C)CC(CNC(=O)OCC1c2ccccc2-c2ccccc21)C(=O)N(C)CC(C)C(=O)O. The second kappa shape index (κ2) is 11.2. The van der Waals surface area contributed by atoms with Gasteiger partial charge in [0.15, 0.2) is 0 Å². The van der Waals surface area contributed by atoms with E-state index in [1.165, 1.54) is 4.90 Å². The van der Waals surface area contributed by atoms with Crippen LogP contribution in [0, 0.1) is 17.8 Å². The van der Waals surface area contributed by atoms with Gasteiger partial charge in [-0.25, -0.2) is 4.79 Å². The second-order valence-corrected chi connectivity index (χ2v) is 9.49. The first-order valence-electron chi connectivity index (χ1n) is 11.8. The van der Waals surface area contributed by atoms with Crippen molar-refractivity contribution in [3.8, 4) is 11.1 Å². The highest BCUT2D eigenvalue weighted by molar-refractivity contribution is 5.81. The summed E-state index contributed by atoms with van der Waals surface area (Å²) in [6.07, 6.45) is 0.0128. The van der Waals surface area contributed by atoms with Crippen molar-refractivity contribution < 1.29 is 24.2 Å². The molecular formula is C27H34N2O5. The third kappa shape index (κ3) is 5.95. The molecule has 3 rings (SSSR count). The van der Waals surface area contributed by atoms with Crippen molar-refractivity contribution >= 4 is 18.0 Å². The van der Waals surface area contributed by atoms with Gasteiger partial charge in [0.1, 0.15) is 6.61 Å². The number of rotatable bonds is 10. The maximum atomic E-state index is 12.9. The summed E-state index contributed by atoms with van der Waals surface area (Å²) in [5.41, 5.74) is 4.60. The number of carbonyl (C=O) groups excluding carboxylic acids is 2. The summed E-state index contributed by atoms with van der Waals surface area (Å²) in [6, 6.07) is 16.3. The molecule has 2 atom stereocenters. The Morgan fingerprint density at radius 2 is 1.56 bits per heavy atom. The third-order valence-corrected chi connectivity index (χ3v) is 6.29. The fraction of sp³-hybridized carbons (Fsp3) is 0.444. The molecule has 0 heterocycles. The summed E-state index contributed by atoms with van der Waals surface area (Å²) in [7, 11) is 1.60. The molecule has 0 saturated carbocycles. The van der Waals surface area contributed by atoms with Gasteiger partial charge < -0.3 is 20.1 Å². The smallest absolute Gasteiger partial charge is 0.407 e. The molecule has 2 amide bonds. The monoisotopic (exact) mass is 466 g/mol. The van der Waals surface area contributed by atoms with E-state index in [0.29, 0.717) is 6.42 Å². The van der Waals surface area contributed by atoms with Gasteiger partial charge in [-0.15, -0.1) is 0 Å². The maximum Gasteiger partial charge on any atom is 0.407 e. The van der Waals surface area contributed by atoms with Crippen LogP contribution < -0.4 is 5.32 Å². The van der Waals surface area contributed by atoms with Crippen molar-refractivity contribution in [2.24, 2.45) is 17.8 Å². The molecule has 2 N–H and O–H groups in total. The molecule has 2 unspecified atom stereocenters. The highest BCUT2D eigenvalue weighted by Gasteiger charge is 2.30. The van der Waals surface area contributed by atoms with Crippen LogP contribution in [0.3, 0.4) is 0 Å². The number of aliphatic carboxylic acids is 1. The van der Waals surface area contributed by atoms with Crippen molar-refractivity contribution in [2.45, 2.75) is 33.1 Å². The summed E-state index contributed by atoms with van der Waals surface area (Å²) < 4.78 is 5.58. The number of nitrogens with zero attached hydrogens (tertiary/aromatic N) is 1. The van der Waals surface area contributed by atoms with Crippen LogP contribution in [-0.2, 0) is 14.3 Å². The number of nitrogens with one attached hydrogen (secondary N) is 1. The van der Waals surface area contributed by atoms with Crippen molar-refractivity contribution in [2.75, 3.05) is 26.7 Å². The van der Waals surface area contributed by atoms with E-state index in [9.17, 15) is 14.4 Å². The normalized spacial score (nSPS) is 14.1. The Hall–Kier alpha value is -3.35. The lowest BCUT2D eigenvalue weighted by Gasteiger charge is -2.26. The number of ether oxygens (including phenoxy) is 1. The predicted molar refractivity (Wildman–Crippen MR) is 130 cm³/mol. The molecule has 1 aliphatic carbocycles. The summed E-state index contributed by atoms with van der Waals surface area (Å²) in [6.45, 7) is 6.05. The lowest BCUT2D eigenvalue weighted by Crippen LogP contribution is -2.42. The Labute approximate surface area is 201 Å². The lowest BCUT2D eigenvalue weighted by molar-refractivity contribution is -0.143. The van der Waals surface area contributed by atoms with Gasteiger partial charge in [-0.05, 0) is 34.6 Å². The van der Waals surface area contributed by atoms with Crippen LogP contribution in [0.15, 0.2) is 48.5 Å². The molecule has 7 heteroatoms. The van der Waals surface area contributed by atoms with Gasteiger partial charge >= 0.3 is 12.1 Å². The zero-order valence-electron chi connectivity index (χ0n) is 20.3. The first-order valence-corrected chi connectivity index (χ1v) is 11.8. The summed E-state index contributed by atoms with van der Waals surface area (Å²) in [5, 5.41) is 11.9. The number of fused-ring (bicyclic) bond motifs is 3. The van der Waals surface area contributed by atoms with E-state index in [-0.39, 0.29) is 37.4 Å². The van der Waals surface area contributed by atoms with Crippen LogP contribution in [0.4, 0.5) is 4.79 Å². The van der Waals surface area contributed by atoms with Crippen LogP contribution >= 0.6 is 0 Å². The number of carbonyl (C=O) groups is 3. The van der Waals surface area contributed by atoms with E-state index in [0.717, 1.165) is 22.3 Å². The van der Waals surface area contributed by atoms with Crippen molar-refractivity contribution in [1.29, 1.82) is 0 Å². The molecule has 2 aromatic rings. The Bertz CT molecular complexity index is 990. The number of carboxylic acids is 1. The molecule has 34 heavy (non-hydrogen) atoms. The zero-order chi connectivity index (χ0) is 24.8. The van der Waals surface area contributed by atoms with Gasteiger partial charge in [-0.3, -0.25) is 9.59 Å². The molecule has 2 aromatic carbocycles. The van der Waals surface area contributed by atoms with Crippen LogP contribution in [0.1, 0.15) is 44.2 Å². The lowest BCUT2D eigenvalue weighted by atomic mass is 9.95. The molecule has 0 aromatic heterocycles. The minimum atomic E-state index is -0.947. The highest BCUT2D eigenvalue weighted by Crippen LogP contribution is 2.44. The summed E-state index contributed by atoms with van der Waals surface area (Å²) in [5.74, 6) is -2.04. The van der Waals surface area contributed by atoms with Gasteiger partial charge in [0, 0.05) is 26.1 Å². The quantitative estimate of drug-likeness (QED) is 0.542. The molecule has 0 fully saturated rings. The average molecular weight is 467 g/mol. The van der Waals surface area contributed by atoms with Crippen LogP contribution in [0.25, 0.3) is 11.1 Å². The molecule has 1 aliphatic rings. The van der Waals surface area contributed by atoms with E-state index in [1.807, 2.05) is 38.1 Å². The Kier molecular flexibility index (Phi) is 8.31. The molecule has 0 saturated heterocycles. The number of hydrogen-bond acceptors (Lipinski definition) is 4. The fourth-order valence-electron chi connectivity index (χ4n) is 4.59. The van der Waals surface area contributed by atoms with Crippen LogP contribution in [-0.4, -0.2) is 54.7 Å². The minimum Gasteiger partial charge on any atom is -0.481 e. The van der Waals surface area contributed by atoms with Gasteiger partial charge in [0.05, 0.1) is 11.8 Å². The number of benzene rings is 2. The van der Waals surface area contributed by atoms with Gasteiger partial charge in [0.25, 0.3) is 0 Å².